The van der Waals surface area contributed by atoms with E-state index < -0.39 is 5.91 Å². The number of anilines is 1. The smallest absolute Gasteiger partial charge is 0.266 e. The number of aryl methyl sites for hydroxylation is 1. The molecule has 0 saturated carbocycles. The molecule has 104 valence electrons. The molecule has 2 N–H and O–H groups in total. The Labute approximate surface area is 123 Å². The number of benzene rings is 2. The van der Waals surface area contributed by atoms with E-state index in [0.717, 1.165) is 5.56 Å². The molecule has 0 aliphatic rings. The zero-order valence-electron chi connectivity index (χ0n) is 11.5. The second kappa shape index (κ2) is 6.40. The van der Waals surface area contributed by atoms with Gasteiger partial charge in [0.1, 0.15) is 17.4 Å². The maximum absolute atomic E-state index is 12.1. The number of nitrogens with zero attached hydrogens (tertiary/aromatic N) is 1. The molecule has 0 saturated heterocycles. The van der Waals surface area contributed by atoms with Crippen LogP contribution in [-0.4, -0.2) is 11.0 Å². The Balaban J connectivity index is 2.19. The average Bonchev–Trinajstić information content (AvgIpc) is 2.47. The lowest BCUT2D eigenvalue weighted by molar-refractivity contribution is -0.112. The molecule has 0 unspecified atom stereocenters. The molecule has 0 spiro atoms. The molecule has 0 aromatic heterocycles. The van der Waals surface area contributed by atoms with Crippen LogP contribution in [0.4, 0.5) is 5.69 Å². The summed E-state index contributed by atoms with van der Waals surface area (Å²) in [5.74, 6) is -0.398. The molecule has 0 atom stereocenters. The van der Waals surface area contributed by atoms with Crippen molar-refractivity contribution in [3.05, 3.63) is 65.2 Å². The molecule has 0 fully saturated rings. The van der Waals surface area contributed by atoms with E-state index in [1.165, 1.54) is 18.2 Å². The molecule has 4 heteroatoms. The van der Waals surface area contributed by atoms with Crippen molar-refractivity contribution in [1.29, 1.82) is 5.26 Å². The second-order valence-electron chi connectivity index (χ2n) is 4.58. The number of nitrogens with one attached hydrogen (secondary N) is 1. The zero-order valence-corrected chi connectivity index (χ0v) is 11.5. The van der Waals surface area contributed by atoms with E-state index in [0.29, 0.717) is 11.3 Å². The van der Waals surface area contributed by atoms with Gasteiger partial charge >= 0.3 is 0 Å². The molecular formula is C17H14N2O2. The molecule has 0 heterocycles. The fourth-order valence-electron chi connectivity index (χ4n) is 1.77. The third kappa shape index (κ3) is 3.95. The lowest BCUT2D eigenvalue weighted by Crippen LogP contribution is -2.13. The van der Waals surface area contributed by atoms with Crippen LogP contribution in [-0.2, 0) is 4.79 Å². The normalized spacial score (nSPS) is 10.8. The Morgan fingerprint density at radius 3 is 2.57 bits per heavy atom. The van der Waals surface area contributed by atoms with Crippen molar-refractivity contribution >= 4 is 17.7 Å². The van der Waals surface area contributed by atoms with Crippen LogP contribution < -0.4 is 5.32 Å². The number of hydrogen-bond acceptors (Lipinski definition) is 3. The third-order valence-electron chi connectivity index (χ3n) is 2.86. The van der Waals surface area contributed by atoms with Crippen LogP contribution >= 0.6 is 0 Å². The predicted molar refractivity (Wildman–Crippen MR) is 81.5 cm³/mol. The Morgan fingerprint density at radius 1 is 1.24 bits per heavy atom. The summed E-state index contributed by atoms with van der Waals surface area (Å²) in [6, 6.07) is 15.5. The number of aromatic hydroxyl groups is 1. The number of carbonyl (C=O) groups is 1. The molecule has 0 aliphatic carbocycles. The standard InChI is InChI=1S/C17H14N2O2/c1-12-5-7-15(8-6-12)19-17(21)14(11-18)9-13-3-2-4-16(20)10-13/h2-10,20H,1H3,(H,19,21)/b14-9+. The van der Waals surface area contributed by atoms with Gasteiger partial charge in [-0.05, 0) is 42.8 Å². The van der Waals surface area contributed by atoms with Crippen LogP contribution in [0.2, 0.25) is 0 Å². The Morgan fingerprint density at radius 2 is 1.95 bits per heavy atom. The number of amides is 1. The molecule has 0 bridgehead atoms. The van der Waals surface area contributed by atoms with Crippen molar-refractivity contribution in [2.24, 2.45) is 0 Å². The van der Waals surface area contributed by atoms with Gasteiger partial charge in [-0.1, -0.05) is 29.8 Å². The van der Waals surface area contributed by atoms with Gasteiger partial charge in [0, 0.05) is 5.69 Å². The monoisotopic (exact) mass is 278 g/mol. The quantitative estimate of drug-likeness (QED) is 0.668. The van der Waals surface area contributed by atoms with Crippen molar-refractivity contribution in [1.82, 2.24) is 0 Å². The Kier molecular flexibility index (Phi) is 4.37. The molecule has 21 heavy (non-hydrogen) atoms. The number of carbonyl (C=O) groups excluding carboxylic acids is 1. The van der Waals surface area contributed by atoms with Gasteiger partial charge in [0.05, 0.1) is 0 Å². The van der Waals surface area contributed by atoms with E-state index in [2.05, 4.69) is 5.32 Å². The number of hydrogen-bond donors (Lipinski definition) is 2. The predicted octanol–water partition coefficient (Wildman–Crippen LogP) is 3.25. The summed E-state index contributed by atoms with van der Waals surface area (Å²) in [6.45, 7) is 1.95. The van der Waals surface area contributed by atoms with Crippen molar-refractivity contribution in [2.45, 2.75) is 6.92 Å². The first-order valence-electron chi connectivity index (χ1n) is 6.37. The van der Waals surface area contributed by atoms with Crippen molar-refractivity contribution in [2.75, 3.05) is 5.32 Å². The molecule has 1 amide bonds. The van der Waals surface area contributed by atoms with Crippen LogP contribution in [0.3, 0.4) is 0 Å². The molecule has 2 aromatic carbocycles. The first kappa shape index (κ1) is 14.4. The van der Waals surface area contributed by atoms with E-state index in [4.69, 9.17) is 5.26 Å². The first-order valence-corrected chi connectivity index (χ1v) is 6.37. The fourth-order valence-corrected chi connectivity index (χ4v) is 1.77. The van der Waals surface area contributed by atoms with E-state index >= 15 is 0 Å². The lowest BCUT2D eigenvalue weighted by atomic mass is 10.1. The van der Waals surface area contributed by atoms with E-state index in [1.54, 1.807) is 24.3 Å². The van der Waals surface area contributed by atoms with Crippen LogP contribution in [0.1, 0.15) is 11.1 Å². The largest absolute Gasteiger partial charge is 0.508 e. The Bertz CT molecular complexity index is 725. The number of phenolic OH excluding ortho intramolecular Hbond substituents is 1. The van der Waals surface area contributed by atoms with Crippen LogP contribution in [0.5, 0.6) is 5.75 Å². The highest BCUT2D eigenvalue weighted by Gasteiger charge is 2.09. The highest BCUT2D eigenvalue weighted by molar-refractivity contribution is 6.09. The molecule has 4 nitrogen and oxygen atoms in total. The summed E-state index contributed by atoms with van der Waals surface area (Å²) >= 11 is 0. The number of nitriles is 1. The lowest BCUT2D eigenvalue weighted by Gasteiger charge is -2.04. The summed E-state index contributed by atoms with van der Waals surface area (Å²) in [5.41, 5.74) is 2.28. The maximum atomic E-state index is 12.1. The molecular weight excluding hydrogens is 264 g/mol. The second-order valence-corrected chi connectivity index (χ2v) is 4.58. The minimum absolute atomic E-state index is 0.0267. The molecule has 2 aromatic rings. The third-order valence-corrected chi connectivity index (χ3v) is 2.86. The summed E-state index contributed by atoms with van der Waals surface area (Å²) in [4.78, 5) is 12.1. The van der Waals surface area contributed by atoms with Gasteiger partial charge in [-0.2, -0.15) is 5.26 Å². The highest BCUT2D eigenvalue weighted by Crippen LogP contribution is 2.15. The minimum atomic E-state index is -0.482. The maximum Gasteiger partial charge on any atom is 0.266 e. The number of rotatable bonds is 3. The Hall–Kier alpha value is -3.06. The van der Waals surface area contributed by atoms with Crippen molar-refractivity contribution < 1.29 is 9.90 Å². The van der Waals surface area contributed by atoms with Gasteiger partial charge in [-0.25, -0.2) is 0 Å². The summed E-state index contributed by atoms with van der Waals surface area (Å²) in [6.07, 6.45) is 1.43. The van der Waals surface area contributed by atoms with Gasteiger partial charge in [0.25, 0.3) is 5.91 Å². The van der Waals surface area contributed by atoms with Gasteiger partial charge in [0.15, 0.2) is 0 Å². The van der Waals surface area contributed by atoms with Crippen molar-refractivity contribution in [3.63, 3.8) is 0 Å². The van der Waals surface area contributed by atoms with Gasteiger partial charge in [-0.3, -0.25) is 4.79 Å². The van der Waals surface area contributed by atoms with Gasteiger partial charge < -0.3 is 10.4 Å². The molecule has 0 aliphatic heterocycles. The average molecular weight is 278 g/mol. The number of phenols is 1. The summed E-state index contributed by atoms with van der Waals surface area (Å²) < 4.78 is 0. The zero-order chi connectivity index (χ0) is 15.2. The van der Waals surface area contributed by atoms with E-state index in [-0.39, 0.29) is 11.3 Å². The summed E-state index contributed by atoms with van der Waals surface area (Å²) in [5, 5.41) is 21.2. The topological polar surface area (TPSA) is 73.1 Å². The van der Waals surface area contributed by atoms with E-state index in [9.17, 15) is 9.90 Å². The SMILES string of the molecule is Cc1ccc(NC(=O)/C(C#N)=C/c2cccc(O)c2)cc1. The van der Waals surface area contributed by atoms with Gasteiger partial charge in [-0.15, -0.1) is 0 Å². The van der Waals surface area contributed by atoms with Crippen LogP contribution in [0, 0.1) is 18.3 Å². The molecule has 2 rings (SSSR count). The minimum Gasteiger partial charge on any atom is -0.508 e. The fraction of sp³-hybridized carbons (Fsp3) is 0.0588. The van der Waals surface area contributed by atoms with E-state index in [1.807, 2.05) is 25.1 Å². The van der Waals surface area contributed by atoms with Gasteiger partial charge in [0.2, 0.25) is 0 Å². The highest BCUT2D eigenvalue weighted by atomic mass is 16.3. The van der Waals surface area contributed by atoms with Crippen molar-refractivity contribution in [3.8, 4) is 11.8 Å². The van der Waals surface area contributed by atoms with Crippen LogP contribution in [0.25, 0.3) is 6.08 Å². The summed E-state index contributed by atoms with van der Waals surface area (Å²) in [7, 11) is 0. The first-order chi connectivity index (χ1) is 10.1. The van der Waals surface area contributed by atoms with Crippen LogP contribution in [0.15, 0.2) is 54.1 Å². The molecule has 0 radical (unpaired) electrons.